The van der Waals surface area contributed by atoms with Crippen molar-refractivity contribution in [3.63, 3.8) is 0 Å². The highest BCUT2D eigenvalue weighted by atomic mass is 14.7. The van der Waals surface area contributed by atoms with Crippen molar-refractivity contribution in [3.8, 4) is 67.0 Å². The third-order valence-electron chi connectivity index (χ3n) is 9.48. The van der Waals surface area contributed by atoms with E-state index in [-0.39, 0.29) is 0 Å². The van der Waals surface area contributed by atoms with E-state index in [1.165, 1.54) is 22.3 Å². The van der Waals surface area contributed by atoms with Crippen molar-refractivity contribution < 1.29 is 0 Å². The van der Waals surface area contributed by atoms with Crippen LogP contribution in [0.5, 0.6) is 0 Å². The number of pyridine rings is 2. The molecule has 0 aliphatic rings. The normalized spacial score (nSPS) is 11.2. The van der Waals surface area contributed by atoms with Gasteiger partial charge in [-0.2, -0.15) is 0 Å². The van der Waals surface area contributed by atoms with E-state index in [9.17, 15) is 0 Å². The summed E-state index contributed by atoms with van der Waals surface area (Å²) in [5.41, 5.74) is 15.3. The molecule has 7 aromatic carbocycles. The van der Waals surface area contributed by atoms with E-state index in [1.54, 1.807) is 0 Å². The molecular weight excluding hydrogens is 605 g/mol. The Morgan fingerprint density at radius 1 is 0.240 bits per heavy atom. The van der Waals surface area contributed by atoms with Gasteiger partial charge in [-0.15, -0.1) is 0 Å². The van der Waals surface area contributed by atoms with Crippen molar-refractivity contribution in [2.45, 2.75) is 0 Å². The molecule has 0 spiro atoms. The lowest BCUT2D eigenvalue weighted by molar-refractivity contribution is 1.37. The Kier molecular flexibility index (Phi) is 7.53. The molecule has 0 bridgehead atoms. The third kappa shape index (κ3) is 5.63. The Balaban J connectivity index is 1.24. The maximum Gasteiger partial charge on any atom is 0.0737 e. The molecular formula is C48H32N2. The number of hydrogen-bond acceptors (Lipinski definition) is 2. The molecule has 0 N–H and O–H groups in total. The molecule has 0 saturated heterocycles. The molecule has 2 aromatic heterocycles. The molecule has 50 heavy (non-hydrogen) atoms. The number of rotatable bonds is 6. The van der Waals surface area contributed by atoms with E-state index >= 15 is 0 Å². The van der Waals surface area contributed by atoms with Gasteiger partial charge in [0.25, 0.3) is 0 Å². The number of fused-ring (bicyclic) bond motifs is 2. The van der Waals surface area contributed by atoms with Gasteiger partial charge in [-0.05, 0) is 68.8 Å². The largest absolute Gasteiger partial charge is 0.248 e. The van der Waals surface area contributed by atoms with Gasteiger partial charge in [-0.3, -0.25) is 0 Å². The summed E-state index contributed by atoms with van der Waals surface area (Å²) in [6.45, 7) is 0. The van der Waals surface area contributed by atoms with Crippen molar-refractivity contribution in [1.82, 2.24) is 9.97 Å². The Labute approximate surface area is 292 Å². The summed E-state index contributed by atoms with van der Waals surface area (Å²) in [4.78, 5) is 10.6. The van der Waals surface area contributed by atoms with Crippen molar-refractivity contribution in [2.75, 3.05) is 0 Å². The minimum atomic E-state index is 0.920. The fraction of sp³-hybridized carbons (Fsp3) is 0. The predicted molar refractivity (Wildman–Crippen MR) is 210 cm³/mol. The molecule has 0 aliphatic carbocycles. The van der Waals surface area contributed by atoms with Crippen LogP contribution in [0.15, 0.2) is 194 Å². The summed E-state index contributed by atoms with van der Waals surface area (Å²) in [7, 11) is 0. The fourth-order valence-corrected chi connectivity index (χ4v) is 6.88. The quantitative estimate of drug-likeness (QED) is 0.170. The molecule has 0 radical (unpaired) electrons. The summed E-state index contributed by atoms with van der Waals surface area (Å²) >= 11 is 0. The van der Waals surface area contributed by atoms with Gasteiger partial charge in [0.2, 0.25) is 0 Å². The van der Waals surface area contributed by atoms with Crippen LogP contribution in [0.25, 0.3) is 88.8 Å². The molecule has 0 atom stereocenters. The van der Waals surface area contributed by atoms with Crippen molar-refractivity contribution >= 4 is 21.8 Å². The minimum Gasteiger partial charge on any atom is -0.248 e. The Bertz CT molecular complexity index is 2400. The second-order valence-corrected chi connectivity index (χ2v) is 12.6. The SMILES string of the molecule is c1ccc(-c2ccc(-c3cc(-c4ccccc4)c4cc5c(-c6ccccc6)cc(-c6ccc(-c7ccccc7)cc6)nc5cc4n3)cc2)cc1. The van der Waals surface area contributed by atoms with Crippen LogP contribution in [0.2, 0.25) is 0 Å². The molecule has 0 unspecified atom stereocenters. The summed E-state index contributed by atoms with van der Waals surface area (Å²) < 4.78 is 0. The first kappa shape index (κ1) is 29.5. The number of hydrogen-bond donors (Lipinski definition) is 0. The lowest BCUT2D eigenvalue weighted by Crippen LogP contribution is -1.94. The van der Waals surface area contributed by atoms with Crippen LogP contribution >= 0.6 is 0 Å². The van der Waals surface area contributed by atoms with Gasteiger partial charge < -0.3 is 0 Å². The lowest BCUT2D eigenvalue weighted by Gasteiger charge is -2.15. The van der Waals surface area contributed by atoms with E-state index < -0.39 is 0 Å². The molecule has 0 saturated carbocycles. The van der Waals surface area contributed by atoms with Crippen LogP contribution in [0.4, 0.5) is 0 Å². The first-order valence-corrected chi connectivity index (χ1v) is 17.0. The summed E-state index contributed by atoms with van der Waals surface area (Å²) in [6.07, 6.45) is 0. The van der Waals surface area contributed by atoms with Crippen LogP contribution < -0.4 is 0 Å². The molecule has 2 heterocycles. The predicted octanol–water partition coefficient (Wildman–Crippen LogP) is 12.8. The highest BCUT2D eigenvalue weighted by Gasteiger charge is 2.16. The van der Waals surface area contributed by atoms with E-state index in [1.807, 2.05) is 12.1 Å². The van der Waals surface area contributed by atoms with Crippen LogP contribution in [0.1, 0.15) is 0 Å². The molecule has 0 amide bonds. The topological polar surface area (TPSA) is 25.8 Å². The number of benzene rings is 7. The van der Waals surface area contributed by atoms with E-state index in [2.05, 4.69) is 182 Å². The zero-order valence-electron chi connectivity index (χ0n) is 27.4. The Hall–Kier alpha value is -6.64. The zero-order chi connectivity index (χ0) is 33.3. The maximum absolute atomic E-state index is 5.29. The highest BCUT2D eigenvalue weighted by Crippen LogP contribution is 2.39. The number of aromatic nitrogens is 2. The first-order valence-electron chi connectivity index (χ1n) is 17.0. The van der Waals surface area contributed by atoms with Gasteiger partial charge in [0.1, 0.15) is 0 Å². The maximum atomic E-state index is 5.29. The van der Waals surface area contributed by atoms with Crippen LogP contribution in [-0.2, 0) is 0 Å². The Morgan fingerprint density at radius 2 is 0.540 bits per heavy atom. The molecule has 234 valence electrons. The molecule has 2 heteroatoms. The summed E-state index contributed by atoms with van der Waals surface area (Å²) in [5.74, 6) is 0. The van der Waals surface area contributed by atoms with Crippen molar-refractivity contribution in [2.24, 2.45) is 0 Å². The average Bonchev–Trinajstić information content (AvgIpc) is 3.21. The second kappa shape index (κ2) is 12.8. The van der Waals surface area contributed by atoms with Gasteiger partial charge in [0, 0.05) is 21.9 Å². The van der Waals surface area contributed by atoms with Crippen molar-refractivity contribution in [1.29, 1.82) is 0 Å². The average molecular weight is 637 g/mol. The lowest BCUT2D eigenvalue weighted by atomic mass is 9.93. The van der Waals surface area contributed by atoms with E-state index in [4.69, 9.17) is 9.97 Å². The van der Waals surface area contributed by atoms with E-state index in [0.717, 1.165) is 66.6 Å². The zero-order valence-corrected chi connectivity index (χ0v) is 27.4. The molecule has 0 fully saturated rings. The monoisotopic (exact) mass is 636 g/mol. The van der Waals surface area contributed by atoms with Gasteiger partial charge in [0.05, 0.1) is 22.4 Å². The smallest absolute Gasteiger partial charge is 0.0737 e. The second-order valence-electron chi connectivity index (χ2n) is 12.6. The van der Waals surface area contributed by atoms with Gasteiger partial charge in [-0.1, -0.05) is 170 Å². The molecule has 0 aliphatic heterocycles. The molecule has 9 rings (SSSR count). The van der Waals surface area contributed by atoms with E-state index in [0.29, 0.717) is 0 Å². The fourth-order valence-electron chi connectivity index (χ4n) is 6.88. The van der Waals surface area contributed by atoms with Crippen LogP contribution in [0.3, 0.4) is 0 Å². The summed E-state index contributed by atoms with van der Waals surface area (Å²) in [6, 6.07) is 68.6. The van der Waals surface area contributed by atoms with Gasteiger partial charge >= 0.3 is 0 Å². The van der Waals surface area contributed by atoms with Crippen LogP contribution in [0, 0.1) is 0 Å². The third-order valence-corrected chi connectivity index (χ3v) is 9.48. The standard InChI is InChI=1S/C48H32N2/c1-5-13-33(14-6-1)35-21-25-39(26-22-35)45-30-41(37-17-9-3-10-18-37)43-29-44-42(38-19-11-4-12-20-38)31-46(50-48(44)32-47(43)49-45)40-27-23-36(24-28-40)34-15-7-2-8-16-34/h1-32H. The summed E-state index contributed by atoms with van der Waals surface area (Å²) in [5, 5.41) is 2.21. The number of nitrogens with zero attached hydrogens (tertiary/aromatic N) is 2. The minimum absolute atomic E-state index is 0.920. The Morgan fingerprint density at radius 3 is 0.900 bits per heavy atom. The highest BCUT2D eigenvalue weighted by molar-refractivity contribution is 6.08. The molecule has 2 nitrogen and oxygen atoms in total. The first-order chi connectivity index (χ1) is 24.8. The van der Waals surface area contributed by atoms with Crippen LogP contribution in [-0.4, -0.2) is 9.97 Å². The van der Waals surface area contributed by atoms with Gasteiger partial charge in [0.15, 0.2) is 0 Å². The molecule has 9 aromatic rings. The van der Waals surface area contributed by atoms with Crippen molar-refractivity contribution in [3.05, 3.63) is 194 Å². The van der Waals surface area contributed by atoms with Gasteiger partial charge in [-0.25, -0.2) is 9.97 Å².